The topological polar surface area (TPSA) is 52.3 Å². The van der Waals surface area contributed by atoms with Crippen molar-refractivity contribution in [3.63, 3.8) is 0 Å². The first-order valence-corrected chi connectivity index (χ1v) is 5.15. The number of hydrogen-bond donors (Lipinski definition) is 1. The quantitative estimate of drug-likeness (QED) is 0.664. The molecule has 0 unspecified atom stereocenters. The number of allylic oxidation sites excluding steroid dienone is 1. The highest BCUT2D eigenvalue weighted by Crippen LogP contribution is 2.19. The number of rotatable bonds is 2. The number of carbonyl (C=O) groups is 1. The van der Waals surface area contributed by atoms with Gasteiger partial charge in [-0.25, -0.2) is 4.79 Å². The zero-order valence-corrected chi connectivity index (χ0v) is 10.2. The van der Waals surface area contributed by atoms with Gasteiger partial charge in [0.15, 0.2) is 0 Å². The normalized spacial score (nSPS) is 11.3. The Morgan fingerprint density at radius 1 is 1.53 bits per heavy atom. The molecule has 0 saturated carbocycles. The molecule has 0 heterocycles. The van der Waals surface area contributed by atoms with Crippen LogP contribution in [0.1, 0.15) is 22.8 Å². The first kappa shape index (κ1) is 11.8. The van der Waals surface area contributed by atoms with Gasteiger partial charge >= 0.3 is 5.97 Å². The average molecular weight is 270 g/mol. The Kier molecular flexibility index (Phi) is 3.91. The molecule has 0 amide bonds. The lowest BCUT2D eigenvalue weighted by Crippen LogP contribution is -2.02. The molecule has 15 heavy (non-hydrogen) atoms. The van der Waals surface area contributed by atoms with Gasteiger partial charge < -0.3 is 10.5 Å². The number of nitrogens with two attached hydrogens (primary N) is 1. The van der Waals surface area contributed by atoms with Crippen LogP contribution in [0.5, 0.6) is 0 Å². The van der Waals surface area contributed by atoms with Crippen molar-refractivity contribution in [2.45, 2.75) is 6.92 Å². The Morgan fingerprint density at radius 2 is 2.20 bits per heavy atom. The van der Waals surface area contributed by atoms with Crippen LogP contribution in [-0.4, -0.2) is 13.1 Å². The van der Waals surface area contributed by atoms with E-state index in [0.717, 1.165) is 10.0 Å². The number of nitrogen functional groups attached to an aromatic ring is 1. The van der Waals surface area contributed by atoms with Crippen LogP contribution in [0.4, 0.5) is 5.69 Å². The molecular formula is C11H12BrNO2. The maximum absolute atomic E-state index is 11.2. The van der Waals surface area contributed by atoms with Crippen molar-refractivity contribution in [3.8, 4) is 0 Å². The van der Waals surface area contributed by atoms with Gasteiger partial charge in [0.25, 0.3) is 0 Å². The van der Waals surface area contributed by atoms with Crippen molar-refractivity contribution in [2.75, 3.05) is 12.8 Å². The molecule has 2 N–H and O–H groups in total. The molecule has 1 rings (SSSR count). The fraction of sp³-hybridized carbons (Fsp3) is 0.182. The van der Waals surface area contributed by atoms with Gasteiger partial charge in [0, 0.05) is 5.69 Å². The van der Waals surface area contributed by atoms with E-state index in [-0.39, 0.29) is 5.97 Å². The lowest BCUT2D eigenvalue weighted by molar-refractivity contribution is 0.0601. The second-order valence-electron chi connectivity index (χ2n) is 3.07. The van der Waals surface area contributed by atoms with Crippen LogP contribution < -0.4 is 5.73 Å². The summed E-state index contributed by atoms with van der Waals surface area (Å²) in [7, 11) is 1.34. The van der Waals surface area contributed by atoms with E-state index in [4.69, 9.17) is 5.73 Å². The fourth-order valence-electron chi connectivity index (χ4n) is 1.17. The predicted molar refractivity (Wildman–Crippen MR) is 64.8 cm³/mol. The molecule has 4 heteroatoms. The molecule has 0 atom stereocenters. The smallest absolute Gasteiger partial charge is 0.337 e. The molecule has 1 aromatic carbocycles. The van der Waals surface area contributed by atoms with Crippen LogP contribution in [-0.2, 0) is 4.74 Å². The SMILES string of the molecule is COC(=O)c1ccc(/C=C(/C)Br)c(N)c1. The zero-order chi connectivity index (χ0) is 11.4. The van der Waals surface area contributed by atoms with E-state index in [9.17, 15) is 4.79 Å². The van der Waals surface area contributed by atoms with Gasteiger partial charge in [-0.05, 0) is 35.2 Å². The lowest BCUT2D eigenvalue weighted by Gasteiger charge is -2.04. The van der Waals surface area contributed by atoms with E-state index in [2.05, 4.69) is 20.7 Å². The van der Waals surface area contributed by atoms with Crippen LogP contribution in [0.25, 0.3) is 6.08 Å². The van der Waals surface area contributed by atoms with Crippen molar-refractivity contribution in [3.05, 3.63) is 33.8 Å². The first-order valence-electron chi connectivity index (χ1n) is 4.36. The Balaban J connectivity index is 3.09. The van der Waals surface area contributed by atoms with E-state index < -0.39 is 0 Å². The minimum atomic E-state index is -0.382. The van der Waals surface area contributed by atoms with Crippen LogP contribution in [0, 0.1) is 0 Å². The number of halogens is 1. The highest BCUT2D eigenvalue weighted by atomic mass is 79.9. The van der Waals surface area contributed by atoms with E-state index in [0.29, 0.717) is 11.3 Å². The molecule has 1 aromatic rings. The maximum Gasteiger partial charge on any atom is 0.337 e. The monoisotopic (exact) mass is 269 g/mol. The number of benzene rings is 1. The largest absolute Gasteiger partial charge is 0.465 e. The summed E-state index contributed by atoms with van der Waals surface area (Å²) in [5, 5.41) is 0. The van der Waals surface area contributed by atoms with Crippen LogP contribution in [0.15, 0.2) is 22.7 Å². The zero-order valence-electron chi connectivity index (χ0n) is 8.58. The molecule has 3 nitrogen and oxygen atoms in total. The Morgan fingerprint density at radius 3 is 2.67 bits per heavy atom. The van der Waals surface area contributed by atoms with Crippen molar-refractivity contribution < 1.29 is 9.53 Å². The van der Waals surface area contributed by atoms with E-state index in [1.165, 1.54) is 7.11 Å². The minimum absolute atomic E-state index is 0.382. The Labute approximate surface area is 97.0 Å². The molecule has 0 aliphatic rings. The predicted octanol–water partition coefficient (Wildman–Crippen LogP) is 2.81. The summed E-state index contributed by atoms with van der Waals surface area (Å²) in [6.07, 6.45) is 1.89. The Hall–Kier alpha value is -1.29. The number of anilines is 1. The fourth-order valence-corrected chi connectivity index (χ4v) is 1.41. The van der Waals surface area contributed by atoms with Crippen molar-refractivity contribution >= 4 is 33.7 Å². The molecule has 0 aromatic heterocycles. The molecule has 0 aliphatic heterocycles. The van der Waals surface area contributed by atoms with E-state index >= 15 is 0 Å². The summed E-state index contributed by atoms with van der Waals surface area (Å²) in [5.74, 6) is -0.382. The number of methoxy groups -OCH3 is 1. The van der Waals surface area contributed by atoms with Crippen LogP contribution >= 0.6 is 15.9 Å². The first-order chi connectivity index (χ1) is 7.04. The Bertz CT molecular complexity index is 409. The molecule has 0 fully saturated rings. The third-order valence-electron chi connectivity index (χ3n) is 1.86. The standard InChI is InChI=1S/C11H12BrNO2/c1-7(12)5-8-3-4-9(6-10(8)13)11(14)15-2/h3-6H,13H2,1-2H3/b7-5-. The van der Waals surface area contributed by atoms with Crippen LogP contribution in [0.2, 0.25) is 0 Å². The average Bonchev–Trinajstić information content (AvgIpc) is 2.19. The van der Waals surface area contributed by atoms with Gasteiger partial charge in [-0.15, -0.1) is 0 Å². The number of ether oxygens (including phenoxy) is 1. The van der Waals surface area contributed by atoms with Gasteiger partial charge in [-0.3, -0.25) is 0 Å². The number of esters is 1. The lowest BCUT2D eigenvalue weighted by atomic mass is 10.1. The summed E-state index contributed by atoms with van der Waals surface area (Å²) in [6, 6.07) is 5.07. The number of carbonyl (C=O) groups excluding carboxylic acids is 1. The molecule has 0 bridgehead atoms. The van der Waals surface area contributed by atoms with Gasteiger partial charge in [0.1, 0.15) is 0 Å². The molecule has 0 saturated heterocycles. The second-order valence-corrected chi connectivity index (χ2v) is 4.32. The third kappa shape index (κ3) is 3.09. The molecule has 0 radical (unpaired) electrons. The molecule has 80 valence electrons. The molecular weight excluding hydrogens is 258 g/mol. The van der Waals surface area contributed by atoms with Gasteiger partial charge in [-0.1, -0.05) is 22.0 Å². The molecule has 0 aliphatic carbocycles. The van der Waals surface area contributed by atoms with E-state index in [1.807, 2.05) is 13.0 Å². The van der Waals surface area contributed by atoms with Crippen LogP contribution in [0.3, 0.4) is 0 Å². The van der Waals surface area contributed by atoms with E-state index in [1.54, 1.807) is 18.2 Å². The highest BCUT2D eigenvalue weighted by molar-refractivity contribution is 9.11. The van der Waals surface area contributed by atoms with Gasteiger partial charge in [0.05, 0.1) is 12.7 Å². The summed E-state index contributed by atoms with van der Waals surface area (Å²) in [4.78, 5) is 11.2. The van der Waals surface area contributed by atoms with Crippen molar-refractivity contribution in [1.82, 2.24) is 0 Å². The third-order valence-corrected chi connectivity index (χ3v) is 2.09. The van der Waals surface area contributed by atoms with Gasteiger partial charge in [-0.2, -0.15) is 0 Å². The molecule has 0 spiro atoms. The summed E-state index contributed by atoms with van der Waals surface area (Å²) in [5.41, 5.74) is 7.67. The summed E-state index contributed by atoms with van der Waals surface area (Å²) in [6.45, 7) is 1.91. The summed E-state index contributed by atoms with van der Waals surface area (Å²) < 4.78 is 5.57. The van der Waals surface area contributed by atoms with Crippen molar-refractivity contribution in [1.29, 1.82) is 0 Å². The highest BCUT2D eigenvalue weighted by Gasteiger charge is 2.06. The maximum atomic E-state index is 11.2. The number of hydrogen-bond acceptors (Lipinski definition) is 3. The summed E-state index contributed by atoms with van der Waals surface area (Å²) >= 11 is 3.32. The van der Waals surface area contributed by atoms with Crippen molar-refractivity contribution in [2.24, 2.45) is 0 Å². The van der Waals surface area contributed by atoms with Gasteiger partial charge in [0.2, 0.25) is 0 Å². The minimum Gasteiger partial charge on any atom is -0.465 e. The second kappa shape index (κ2) is 4.98.